The van der Waals surface area contributed by atoms with Gasteiger partial charge in [-0.2, -0.15) is 0 Å². The molecule has 0 radical (unpaired) electrons. The number of carboxylic acid groups (broad SMARTS) is 1. The van der Waals surface area contributed by atoms with E-state index in [1.165, 1.54) is 7.11 Å². The quantitative estimate of drug-likeness (QED) is 0.406. The molecule has 2 unspecified atom stereocenters. The SMILES string of the molecule is COC(CNC(=O)OCC1c2ccccc2-c2ccccc21)CC(=O)NCCC(O)C(=O)O. The molecule has 2 aromatic carbocycles. The Morgan fingerprint density at radius 2 is 1.61 bits per heavy atom. The molecule has 0 spiro atoms. The molecule has 0 aromatic heterocycles. The highest BCUT2D eigenvalue weighted by atomic mass is 16.5. The second-order valence-corrected chi connectivity index (χ2v) is 7.76. The molecule has 4 N–H and O–H groups in total. The lowest BCUT2D eigenvalue weighted by atomic mass is 9.98. The van der Waals surface area contributed by atoms with Gasteiger partial charge in [0.25, 0.3) is 0 Å². The van der Waals surface area contributed by atoms with Crippen LogP contribution in [-0.4, -0.2) is 67.2 Å². The maximum absolute atomic E-state index is 12.3. The van der Waals surface area contributed by atoms with E-state index in [1.54, 1.807) is 0 Å². The zero-order chi connectivity index (χ0) is 23.8. The van der Waals surface area contributed by atoms with E-state index in [-0.39, 0.29) is 44.4 Å². The fourth-order valence-corrected chi connectivity index (χ4v) is 3.84. The fraction of sp³-hybridized carbons (Fsp3) is 0.375. The molecule has 0 aliphatic heterocycles. The van der Waals surface area contributed by atoms with Crippen molar-refractivity contribution in [3.8, 4) is 11.1 Å². The largest absolute Gasteiger partial charge is 0.479 e. The number of carbonyl (C=O) groups excluding carboxylic acids is 2. The number of ether oxygens (including phenoxy) is 2. The van der Waals surface area contributed by atoms with Gasteiger partial charge in [0.15, 0.2) is 6.10 Å². The monoisotopic (exact) mass is 456 g/mol. The number of amides is 2. The van der Waals surface area contributed by atoms with E-state index in [9.17, 15) is 19.5 Å². The number of carbonyl (C=O) groups is 3. The highest BCUT2D eigenvalue weighted by Gasteiger charge is 2.29. The minimum absolute atomic E-state index is 0.0164. The summed E-state index contributed by atoms with van der Waals surface area (Å²) in [6, 6.07) is 16.1. The van der Waals surface area contributed by atoms with E-state index in [0.717, 1.165) is 22.3 Å². The Morgan fingerprint density at radius 3 is 2.18 bits per heavy atom. The Bertz CT molecular complexity index is 949. The summed E-state index contributed by atoms with van der Waals surface area (Å²) in [4.78, 5) is 34.8. The van der Waals surface area contributed by atoms with Crippen LogP contribution in [0.1, 0.15) is 29.9 Å². The minimum Gasteiger partial charge on any atom is -0.479 e. The second kappa shape index (κ2) is 11.4. The van der Waals surface area contributed by atoms with Crippen molar-refractivity contribution in [1.82, 2.24) is 10.6 Å². The smallest absolute Gasteiger partial charge is 0.407 e. The minimum atomic E-state index is -1.53. The standard InChI is InChI=1S/C24H28N2O7/c1-32-15(12-22(28)25-11-10-21(27)23(29)30)13-26-24(31)33-14-20-18-8-4-2-6-16(18)17-7-3-5-9-19(17)20/h2-9,15,20-21,27H,10-14H2,1H3,(H,25,28)(H,26,31)(H,29,30). The summed E-state index contributed by atoms with van der Waals surface area (Å²) in [5, 5.41) is 23.0. The summed E-state index contributed by atoms with van der Waals surface area (Å²) in [7, 11) is 1.42. The number of hydrogen-bond donors (Lipinski definition) is 4. The Hall–Kier alpha value is -3.43. The third-order valence-corrected chi connectivity index (χ3v) is 5.59. The van der Waals surface area contributed by atoms with E-state index in [0.29, 0.717) is 0 Å². The molecule has 2 atom stereocenters. The van der Waals surface area contributed by atoms with E-state index in [2.05, 4.69) is 22.8 Å². The number of fused-ring (bicyclic) bond motifs is 3. The van der Waals surface area contributed by atoms with Gasteiger partial charge in [0, 0.05) is 32.5 Å². The summed E-state index contributed by atoms with van der Waals surface area (Å²) < 4.78 is 10.7. The van der Waals surface area contributed by atoms with Crippen LogP contribution in [0.2, 0.25) is 0 Å². The van der Waals surface area contributed by atoms with E-state index >= 15 is 0 Å². The van der Waals surface area contributed by atoms with Crippen LogP contribution in [0, 0.1) is 0 Å². The topological polar surface area (TPSA) is 134 Å². The molecule has 2 amide bonds. The Morgan fingerprint density at radius 1 is 1.00 bits per heavy atom. The molecule has 176 valence electrons. The molecule has 3 rings (SSSR count). The molecule has 0 saturated heterocycles. The number of benzene rings is 2. The lowest BCUT2D eigenvalue weighted by molar-refractivity contribution is -0.147. The van der Waals surface area contributed by atoms with Crippen LogP contribution in [0.4, 0.5) is 4.79 Å². The van der Waals surface area contributed by atoms with Crippen molar-refractivity contribution in [3.05, 3.63) is 59.7 Å². The van der Waals surface area contributed by atoms with Gasteiger partial charge in [-0.25, -0.2) is 9.59 Å². The van der Waals surface area contributed by atoms with Crippen molar-refractivity contribution < 1.29 is 34.1 Å². The third kappa shape index (κ3) is 6.30. The number of alkyl carbamates (subject to hydrolysis) is 1. The molecule has 1 aliphatic carbocycles. The summed E-state index contributed by atoms with van der Waals surface area (Å²) in [6.45, 7) is 0.269. The average molecular weight is 456 g/mol. The number of rotatable bonds is 11. The van der Waals surface area contributed by atoms with Gasteiger partial charge in [-0.05, 0) is 22.3 Å². The van der Waals surface area contributed by atoms with Crippen LogP contribution in [0.3, 0.4) is 0 Å². The predicted octanol–water partition coefficient (Wildman–Crippen LogP) is 1.88. The summed E-state index contributed by atoms with van der Waals surface area (Å²) >= 11 is 0. The summed E-state index contributed by atoms with van der Waals surface area (Å²) in [6.07, 6.45) is -2.86. The highest BCUT2D eigenvalue weighted by Crippen LogP contribution is 2.44. The lowest BCUT2D eigenvalue weighted by Crippen LogP contribution is -2.38. The number of aliphatic carboxylic acids is 1. The van der Waals surface area contributed by atoms with Crippen LogP contribution in [0.5, 0.6) is 0 Å². The predicted molar refractivity (Wildman–Crippen MR) is 120 cm³/mol. The molecule has 0 bridgehead atoms. The molecule has 9 nitrogen and oxygen atoms in total. The van der Waals surface area contributed by atoms with Gasteiger partial charge in [0.2, 0.25) is 5.91 Å². The van der Waals surface area contributed by atoms with Crippen LogP contribution >= 0.6 is 0 Å². The van der Waals surface area contributed by atoms with Crippen molar-refractivity contribution >= 4 is 18.0 Å². The normalized spacial score (nSPS) is 14.0. The third-order valence-electron chi connectivity index (χ3n) is 5.59. The lowest BCUT2D eigenvalue weighted by Gasteiger charge is -2.17. The zero-order valence-electron chi connectivity index (χ0n) is 18.3. The van der Waals surface area contributed by atoms with Crippen molar-refractivity contribution in [2.75, 3.05) is 26.8 Å². The first-order valence-electron chi connectivity index (χ1n) is 10.7. The van der Waals surface area contributed by atoms with E-state index < -0.39 is 24.3 Å². The van der Waals surface area contributed by atoms with Gasteiger partial charge in [-0.1, -0.05) is 48.5 Å². The second-order valence-electron chi connectivity index (χ2n) is 7.76. The number of carboxylic acids is 1. The van der Waals surface area contributed by atoms with Crippen molar-refractivity contribution in [2.24, 2.45) is 0 Å². The summed E-state index contributed by atoms with van der Waals surface area (Å²) in [5.74, 6) is -1.77. The van der Waals surface area contributed by atoms with Crippen LogP contribution in [0.25, 0.3) is 11.1 Å². The summed E-state index contributed by atoms with van der Waals surface area (Å²) in [5.41, 5.74) is 4.52. The zero-order valence-corrected chi connectivity index (χ0v) is 18.3. The van der Waals surface area contributed by atoms with E-state index in [1.807, 2.05) is 36.4 Å². The fourth-order valence-electron chi connectivity index (χ4n) is 3.84. The first-order valence-corrected chi connectivity index (χ1v) is 10.7. The molecule has 0 saturated carbocycles. The molecular weight excluding hydrogens is 428 g/mol. The first-order chi connectivity index (χ1) is 15.9. The molecule has 0 heterocycles. The van der Waals surface area contributed by atoms with Gasteiger partial charge in [-0.3, -0.25) is 4.79 Å². The van der Waals surface area contributed by atoms with E-state index in [4.69, 9.17) is 14.6 Å². The van der Waals surface area contributed by atoms with Crippen LogP contribution < -0.4 is 10.6 Å². The molecular formula is C24H28N2O7. The molecule has 2 aromatic rings. The average Bonchev–Trinajstić information content (AvgIpc) is 3.14. The number of aliphatic hydroxyl groups excluding tert-OH is 1. The van der Waals surface area contributed by atoms with Crippen molar-refractivity contribution in [2.45, 2.75) is 31.0 Å². The maximum Gasteiger partial charge on any atom is 0.407 e. The Labute approximate surface area is 191 Å². The van der Waals surface area contributed by atoms with Crippen LogP contribution in [-0.2, 0) is 19.1 Å². The Kier molecular flexibility index (Phi) is 8.39. The molecule has 0 fully saturated rings. The van der Waals surface area contributed by atoms with Gasteiger partial charge < -0.3 is 30.3 Å². The number of hydrogen-bond acceptors (Lipinski definition) is 6. The van der Waals surface area contributed by atoms with Gasteiger partial charge in [0.1, 0.15) is 6.61 Å². The Balaban J connectivity index is 1.44. The number of nitrogens with one attached hydrogen (secondary N) is 2. The highest BCUT2D eigenvalue weighted by molar-refractivity contribution is 5.79. The van der Waals surface area contributed by atoms with Crippen LogP contribution in [0.15, 0.2) is 48.5 Å². The number of aliphatic hydroxyl groups is 1. The van der Waals surface area contributed by atoms with Gasteiger partial charge in [-0.15, -0.1) is 0 Å². The molecule has 33 heavy (non-hydrogen) atoms. The van der Waals surface area contributed by atoms with Gasteiger partial charge in [0.05, 0.1) is 12.5 Å². The van der Waals surface area contributed by atoms with Crippen molar-refractivity contribution in [1.29, 1.82) is 0 Å². The first kappa shape index (κ1) is 24.2. The van der Waals surface area contributed by atoms with Crippen molar-refractivity contribution in [3.63, 3.8) is 0 Å². The number of methoxy groups -OCH3 is 1. The maximum atomic E-state index is 12.3. The molecule has 1 aliphatic rings. The van der Waals surface area contributed by atoms with Gasteiger partial charge >= 0.3 is 12.1 Å². The molecule has 9 heteroatoms.